The lowest BCUT2D eigenvalue weighted by atomic mass is 9.91. The van der Waals surface area contributed by atoms with Crippen LogP contribution in [0.2, 0.25) is 0 Å². The largest absolute Gasteiger partial charge is 0.337 e. The molecule has 1 fully saturated rings. The Morgan fingerprint density at radius 1 is 1.11 bits per heavy atom. The Bertz CT molecular complexity index is 857. The number of amides is 1. The zero-order valence-electron chi connectivity index (χ0n) is 14.7. The van der Waals surface area contributed by atoms with Crippen LogP contribution < -0.4 is 10.2 Å². The molecule has 0 radical (unpaired) electrons. The van der Waals surface area contributed by atoms with Gasteiger partial charge in [0.2, 0.25) is 0 Å². The summed E-state index contributed by atoms with van der Waals surface area (Å²) in [6.07, 6.45) is 1.52. The third kappa shape index (κ3) is 4.33. The van der Waals surface area contributed by atoms with E-state index in [1.807, 2.05) is 0 Å². The fourth-order valence-corrected chi connectivity index (χ4v) is 3.16. The normalized spacial score (nSPS) is 19.6. The molecule has 1 amide bonds. The first-order valence-electron chi connectivity index (χ1n) is 8.63. The highest BCUT2D eigenvalue weighted by atomic mass is 19.1. The van der Waals surface area contributed by atoms with E-state index in [2.05, 4.69) is 17.3 Å². The highest BCUT2D eigenvalue weighted by Gasteiger charge is 2.27. The molecule has 1 aromatic carbocycles. The maximum atomic E-state index is 13.7. The number of quaternary nitrogens is 1. The number of hydrogen-bond donors (Lipinski definition) is 2. The molecule has 0 saturated carbocycles. The average molecular weight is 378 g/mol. The molecule has 0 bridgehead atoms. The fraction of sp³-hybridized carbons (Fsp3) is 0.316. The molecule has 2 N–H and O–H groups in total. The van der Waals surface area contributed by atoms with E-state index in [9.17, 15) is 22.8 Å². The van der Waals surface area contributed by atoms with E-state index in [0.717, 1.165) is 25.9 Å². The van der Waals surface area contributed by atoms with Crippen molar-refractivity contribution < 1.29 is 27.7 Å². The molecule has 0 aliphatic carbocycles. The summed E-state index contributed by atoms with van der Waals surface area (Å²) >= 11 is 0. The molecule has 8 heteroatoms. The van der Waals surface area contributed by atoms with Crippen molar-refractivity contribution in [1.29, 1.82) is 0 Å². The van der Waals surface area contributed by atoms with Crippen LogP contribution in [-0.2, 0) is 0 Å². The van der Waals surface area contributed by atoms with E-state index in [-0.39, 0.29) is 23.2 Å². The average Bonchev–Trinajstić information content (AvgIpc) is 2.61. The van der Waals surface area contributed by atoms with E-state index in [4.69, 9.17) is 0 Å². The van der Waals surface area contributed by atoms with Crippen molar-refractivity contribution in [1.82, 2.24) is 4.98 Å². The number of nitrogens with one attached hydrogen (secondary N) is 2. The van der Waals surface area contributed by atoms with Gasteiger partial charge >= 0.3 is 0 Å². The molecule has 142 valence electrons. The SMILES string of the molecule is C[NH+]1CCC(C(=O)c2cccc(NC(=O)c3c(F)cc(F)cc3F)n2)CC1. The third-order valence-corrected chi connectivity index (χ3v) is 4.69. The maximum absolute atomic E-state index is 13.7. The molecule has 1 saturated heterocycles. The predicted molar refractivity (Wildman–Crippen MR) is 92.2 cm³/mol. The molecule has 0 unspecified atom stereocenters. The molecule has 5 nitrogen and oxygen atoms in total. The summed E-state index contributed by atoms with van der Waals surface area (Å²) in [6, 6.07) is 5.34. The van der Waals surface area contributed by atoms with E-state index in [1.165, 1.54) is 17.0 Å². The summed E-state index contributed by atoms with van der Waals surface area (Å²) in [5.41, 5.74) is -0.717. The van der Waals surface area contributed by atoms with Crippen LogP contribution in [0, 0.1) is 23.4 Å². The summed E-state index contributed by atoms with van der Waals surface area (Å²) in [7, 11) is 2.07. The van der Waals surface area contributed by atoms with Crippen LogP contribution in [-0.4, -0.2) is 36.8 Å². The van der Waals surface area contributed by atoms with Crippen LogP contribution >= 0.6 is 0 Å². The number of piperidine rings is 1. The van der Waals surface area contributed by atoms with Gasteiger partial charge in [-0.25, -0.2) is 18.2 Å². The van der Waals surface area contributed by atoms with Crippen molar-refractivity contribution in [2.75, 3.05) is 25.5 Å². The quantitative estimate of drug-likeness (QED) is 0.799. The van der Waals surface area contributed by atoms with Crippen LogP contribution in [0.3, 0.4) is 0 Å². The van der Waals surface area contributed by atoms with Crippen molar-refractivity contribution in [2.45, 2.75) is 12.8 Å². The van der Waals surface area contributed by atoms with Gasteiger partial charge in [-0.3, -0.25) is 9.59 Å². The van der Waals surface area contributed by atoms with Crippen LogP contribution in [0.4, 0.5) is 19.0 Å². The van der Waals surface area contributed by atoms with Crippen LogP contribution in [0.25, 0.3) is 0 Å². The van der Waals surface area contributed by atoms with Crippen molar-refractivity contribution >= 4 is 17.5 Å². The molecular weight excluding hydrogens is 359 g/mol. The van der Waals surface area contributed by atoms with Gasteiger partial charge in [-0.05, 0) is 12.1 Å². The van der Waals surface area contributed by atoms with Gasteiger partial charge in [0, 0.05) is 30.9 Å². The van der Waals surface area contributed by atoms with Crippen LogP contribution in [0.15, 0.2) is 30.3 Å². The zero-order valence-corrected chi connectivity index (χ0v) is 14.7. The smallest absolute Gasteiger partial charge is 0.262 e. The molecule has 0 atom stereocenters. The van der Waals surface area contributed by atoms with Gasteiger partial charge < -0.3 is 10.2 Å². The predicted octanol–water partition coefficient (Wildman–Crippen LogP) is 1.86. The van der Waals surface area contributed by atoms with Gasteiger partial charge in [0.05, 0.1) is 20.1 Å². The second kappa shape index (κ2) is 7.87. The molecule has 0 spiro atoms. The zero-order chi connectivity index (χ0) is 19.6. The third-order valence-electron chi connectivity index (χ3n) is 4.69. The Morgan fingerprint density at radius 2 is 1.74 bits per heavy atom. The minimum Gasteiger partial charge on any atom is -0.337 e. The summed E-state index contributed by atoms with van der Waals surface area (Å²) in [6.45, 7) is 1.80. The van der Waals surface area contributed by atoms with Gasteiger partial charge in [0.25, 0.3) is 5.91 Å². The van der Waals surface area contributed by atoms with Crippen LogP contribution in [0.1, 0.15) is 33.7 Å². The van der Waals surface area contributed by atoms with E-state index >= 15 is 0 Å². The topological polar surface area (TPSA) is 63.5 Å². The summed E-state index contributed by atoms with van der Waals surface area (Å²) < 4.78 is 40.4. The van der Waals surface area contributed by atoms with Crippen LogP contribution in [0.5, 0.6) is 0 Å². The summed E-state index contributed by atoms with van der Waals surface area (Å²) in [4.78, 5) is 30.2. The maximum Gasteiger partial charge on any atom is 0.262 e. The Hall–Kier alpha value is -2.74. The number of benzene rings is 1. The number of ketones is 1. The number of carbonyl (C=O) groups excluding carboxylic acids is 2. The second-order valence-corrected chi connectivity index (χ2v) is 6.70. The lowest BCUT2D eigenvalue weighted by molar-refractivity contribution is -0.885. The first kappa shape index (κ1) is 19.0. The number of nitrogens with zero attached hydrogens (tertiary/aromatic N) is 1. The van der Waals surface area contributed by atoms with E-state index in [0.29, 0.717) is 12.1 Å². The lowest BCUT2D eigenvalue weighted by Crippen LogP contribution is -3.10. The molecule has 1 aliphatic rings. The Morgan fingerprint density at radius 3 is 2.37 bits per heavy atom. The number of carbonyl (C=O) groups is 2. The Balaban J connectivity index is 1.76. The highest BCUT2D eigenvalue weighted by Crippen LogP contribution is 2.19. The number of halogens is 3. The first-order chi connectivity index (χ1) is 12.8. The van der Waals surface area contributed by atoms with Gasteiger partial charge in [0.1, 0.15) is 34.5 Å². The van der Waals surface area contributed by atoms with Crippen molar-refractivity contribution in [2.24, 2.45) is 5.92 Å². The molecule has 27 heavy (non-hydrogen) atoms. The van der Waals surface area contributed by atoms with Crippen molar-refractivity contribution in [3.63, 3.8) is 0 Å². The molecule has 2 aromatic rings. The fourth-order valence-electron chi connectivity index (χ4n) is 3.16. The Kier molecular flexibility index (Phi) is 5.55. The monoisotopic (exact) mass is 378 g/mol. The number of likely N-dealkylation sites (tertiary alicyclic amines) is 1. The second-order valence-electron chi connectivity index (χ2n) is 6.70. The molecule has 3 rings (SSSR count). The summed E-state index contributed by atoms with van der Waals surface area (Å²) in [5.74, 6) is -5.10. The van der Waals surface area contributed by atoms with E-state index in [1.54, 1.807) is 6.07 Å². The first-order valence-corrected chi connectivity index (χ1v) is 8.63. The molecule has 2 heterocycles. The number of aromatic nitrogens is 1. The van der Waals surface area contributed by atoms with E-state index < -0.39 is 28.9 Å². The van der Waals surface area contributed by atoms with Crippen molar-refractivity contribution in [3.05, 3.63) is 59.0 Å². The summed E-state index contributed by atoms with van der Waals surface area (Å²) in [5, 5.41) is 2.26. The molecule has 1 aromatic heterocycles. The number of rotatable bonds is 4. The van der Waals surface area contributed by atoms with Gasteiger partial charge in [-0.2, -0.15) is 0 Å². The van der Waals surface area contributed by atoms with Gasteiger partial charge in [-0.15, -0.1) is 0 Å². The number of pyridine rings is 1. The number of anilines is 1. The highest BCUT2D eigenvalue weighted by molar-refractivity contribution is 6.04. The molecule has 1 aliphatic heterocycles. The van der Waals surface area contributed by atoms with Gasteiger partial charge in [-0.1, -0.05) is 6.07 Å². The Labute approximate surface area is 154 Å². The van der Waals surface area contributed by atoms with Crippen molar-refractivity contribution in [3.8, 4) is 0 Å². The minimum absolute atomic E-state index is 0.00692. The minimum atomic E-state index is -1.31. The standard InChI is InChI=1S/C19H18F3N3O2/c1-25-7-5-11(6-8-25)18(26)15-3-2-4-16(23-15)24-19(27)17-13(21)9-12(20)10-14(17)22/h2-4,9-11H,5-8H2,1H3,(H,23,24,27)/p+1. The van der Waals surface area contributed by atoms with Gasteiger partial charge in [0.15, 0.2) is 5.78 Å². The lowest BCUT2D eigenvalue weighted by Gasteiger charge is -2.25. The molecular formula is C19H19F3N3O2+. The number of hydrogen-bond acceptors (Lipinski definition) is 3. The number of Topliss-reactive ketones (excluding diaryl/α,β-unsaturated/α-hetero) is 1.